The Kier molecular flexibility index (Phi) is 8.20. The molecule has 0 bridgehead atoms. The second kappa shape index (κ2) is 11.7. The number of benzene rings is 2. The molecule has 0 aliphatic carbocycles. The molecule has 0 radical (unpaired) electrons. The molecule has 0 amide bonds. The standard InChI is InChI=1S/C26H32N4O2/c31-19-13-24-21-29(17-18-30(24)16-4-8-22-6-2-1-3-7-22)20-23-9-11-25(12-10-23)32-26-27-14-5-15-28-26/h1-3,5-7,9-12,14-15,24,31H,4,8,13,16-21H2/t24-/m0/s1. The summed E-state index contributed by atoms with van der Waals surface area (Å²) >= 11 is 0. The maximum atomic E-state index is 9.60. The molecule has 32 heavy (non-hydrogen) atoms. The average Bonchev–Trinajstić information content (AvgIpc) is 2.83. The van der Waals surface area contributed by atoms with Crippen molar-refractivity contribution >= 4 is 0 Å². The molecule has 1 N–H and O–H groups in total. The van der Waals surface area contributed by atoms with Gasteiger partial charge in [-0.2, -0.15) is 0 Å². The number of aryl methyl sites for hydroxylation is 1. The van der Waals surface area contributed by atoms with Gasteiger partial charge in [-0.25, -0.2) is 9.97 Å². The Morgan fingerprint density at radius 1 is 0.906 bits per heavy atom. The minimum absolute atomic E-state index is 0.237. The zero-order chi connectivity index (χ0) is 22.0. The second-order valence-electron chi connectivity index (χ2n) is 8.30. The van der Waals surface area contributed by atoms with Crippen molar-refractivity contribution < 1.29 is 9.84 Å². The van der Waals surface area contributed by atoms with Gasteiger partial charge in [0.1, 0.15) is 5.75 Å². The van der Waals surface area contributed by atoms with E-state index in [4.69, 9.17) is 4.74 Å². The molecule has 0 unspecified atom stereocenters. The molecule has 168 valence electrons. The van der Waals surface area contributed by atoms with Gasteiger partial charge in [-0.15, -0.1) is 0 Å². The van der Waals surface area contributed by atoms with Crippen molar-refractivity contribution in [3.05, 3.63) is 84.2 Å². The highest BCUT2D eigenvalue weighted by Gasteiger charge is 2.26. The topological polar surface area (TPSA) is 61.7 Å². The van der Waals surface area contributed by atoms with Gasteiger partial charge < -0.3 is 9.84 Å². The molecule has 1 aliphatic heterocycles. The number of piperazine rings is 1. The number of nitrogens with zero attached hydrogens (tertiary/aromatic N) is 4. The predicted octanol–water partition coefficient (Wildman–Crippen LogP) is 3.77. The molecular weight excluding hydrogens is 400 g/mol. The van der Waals surface area contributed by atoms with E-state index < -0.39 is 0 Å². The number of aliphatic hydroxyl groups excluding tert-OH is 1. The maximum absolute atomic E-state index is 9.60. The van der Waals surface area contributed by atoms with E-state index in [1.807, 2.05) is 12.1 Å². The van der Waals surface area contributed by atoms with E-state index in [9.17, 15) is 5.11 Å². The van der Waals surface area contributed by atoms with Crippen LogP contribution in [0.4, 0.5) is 0 Å². The first-order valence-electron chi connectivity index (χ1n) is 11.4. The molecule has 1 aromatic heterocycles. The number of hydrogen-bond acceptors (Lipinski definition) is 6. The van der Waals surface area contributed by atoms with Crippen LogP contribution >= 0.6 is 0 Å². The Morgan fingerprint density at radius 2 is 1.69 bits per heavy atom. The van der Waals surface area contributed by atoms with Gasteiger partial charge >= 0.3 is 6.01 Å². The fourth-order valence-corrected chi connectivity index (χ4v) is 4.31. The third kappa shape index (κ3) is 6.60. The summed E-state index contributed by atoms with van der Waals surface area (Å²) in [5.41, 5.74) is 2.66. The van der Waals surface area contributed by atoms with Crippen molar-refractivity contribution in [2.24, 2.45) is 0 Å². The highest BCUT2D eigenvalue weighted by molar-refractivity contribution is 5.29. The third-order valence-corrected chi connectivity index (χ3v) is 5.99. The van der Waals surface area contributed by atoms with Gasteiger partial charge in [-0.1, -0.05) is 42.5 Å². The van der Waals surface area contributed by atoms with E-state index in [1.54, 1.807) is 18.5 Å². The van der Waals surface area contributed by atoms with Gasteiger partial charge in [0.15, 0.2) is 0 Å². The lowest BCUT2D eigenvalue weighted by atomic mass is 10.1. The van der Waals surface area contributed by atoms with Crippen LogP contribution in [0, 0.1) is 0 Å². The molecule has 6 heteroatoms. The molecule has 1 atom stereocenters. The fourth-order valence-electron chi connectivity index (χ4n) is 4.31. The fraction of sp³-hybridized carbons (Fsp3) is 0.385. The summed E-state index contributed by atoms with van der Waals surface area (Å²) in [6.07, 6.45) is 6.42. The van der Waals surface area contributed by atoms with Crippen LogP contribution in [0.15, 0.2) is 73.1 Å². The van der Waals surface area contributed by atoms with Gasteiger partial charge in [-0.05, 0) is 55.1 Å². The van der Waals surface area contributed by atoms with Gasteiger partial charge in [0.2, 0.25) is 0 Å². The average molecular weight is 433 g/mol. The quantitative estimate of drug-likeness (QED) is 0.526. The van der Waals surface area contributed by atoms with Crippen molar-refractivity contribution in [3.63, 3.8) is 0 Å². The van der Waals surface area contributed by atoms with Crippen LogP contribution in [0.5, 0.6) is 11.8 Å². The van der Waals surface area contributed by atoms with Gasteiger partial charge in [0, 0.05) is 51.2 Å². The zero-order valence-electron chi connectivity index (χ0n) is 18.5. The monoisotopic (exact) mass is 432 g/mol. The molecule has 0 saturated carbocycles. The molecule has 1 aliphatic rings. The van der Waals surface area contributed by atoms with E-state index in [1.165, 1.54) is 11.1 Å². The Morgan fingerprint density at radius 3 is 2.44 bits per heavy atom. The Labute approximate surface area is 190 Å². The van der Waals surface area contributed by atoms with E-state index in [0.717, 1.165) is 57.7 Å². The molecule has 1 saturated heterocycles. The Balaban J connectivity index is 1.26. The molecule has 6 nitrogen and oxygen atoms in total. The summed E-state index contributed by atoms with van der Waals surface area (Å²) in [6, 6.07) is 21.4. The largest absolute Gasteiger partial charge is 0.424 e. The molecule has 3 aromatic rings. The smallest absolute Gasteiger partial charge is 0.321 e. The zero-order valence-corrected chi connectivity index (χ0v) is 18.5. The van der Waals surface area contributed by atoms with Crippen LogP contribution in [0.25, 0.3) is 0 Å². The predicted molar refractivity (Wildman–Crippen MR) is 126 cm³/mol. The first kappa shape index (κ1) is 22.4. The molecule has 4 rings (SSSR count). The minimum Gasteiger partial charge on any atom is -0.424 e. The molecule has 0 spiro atoms. The lowest BCUT2D eigenvalue weighted by Crippen LogP contribution is -2.53. The van der Waals surface area contributed by atoms with Gasteiger partial charge in [0.05, 0.1) is 0 Å². The summed E-state index contributed by atoms with van der Waals surface area (Å²) < 4.78 is 5.69. The second-order valence-corrected chi connectivity index (χ2v) is 8.30. The van der Waals surface area contributed by atoms with Gasteiger partial charge in [0.25, 0.3) is 0 Å². The number of aliphatic hydroxyl groups is 1. The lowest BCUT2D eigenvalue weighted by molar-refractivity contribution is 0.0547. The van der Waals surface area contributed by atoms with Gasteiger partial charge in [-0.3, -0.25) is 9.80 Å². The lowest BCUT2D eigenvalue weighted by Gasteiger charge is -2.41. The summed E-state index contributed by atoms with van der Waals surface area (Å²) in [7, 11) is 0. The SMILES string of the molecule is OCC[C@H]1CN(Cc2ccc(Oc3ncccn3)cc2)CCN1CCCc1ccccc1. The van der Waals surface area contributed by atoms with Crippen LogP contribution < -0.4 is 4.74 Å². The number of rotatable bonds is 10. The summed E-state index contributed by atoms with van der Waals surface area (Å²) in [6.45, 7) is 5.31. The summed E-state index contributed by atoms with van der Waals surface area (Å²) in [5.74, 6) is 0.737. The number of hydrogen-bond donors (Lipinski definition) is 1. The summed E-state index contributed by atoms with van der Waals surface area (Å²) in [5, 5.41) is 9.60. The van der Waals surface area contributed by atoms with E-state index in [2.05, 4.69) is 62.2 Å². The van der Waals surface area contributed by atoms with Crippen LogP contribution in [0.3, 0.4) is 0 Å². The number of ether oxygens (including phenoxy) is 1. The molecular formula is C26H32N4O2. The highest BCUT2D eigenvalue weighted by Crippen LogP contribution is 2.20. The van der Waals surface area contributed by atoms with Crippen molar-refractivity contribution in [3.8, 4) is 11.8 Å². The normalized spacial score (nSPS) is 17.3. The first-order chi connectivity index (χ1) is 15.8. The molecule has 2 aromatic carbocycles. The van der Waals surface area contributed by atoms with E-state index >= 15 is 0 Å². The van der Waals surface area contributed by atoms with Crippen LogP contribution in [0.1, 0.15) is 24.0 Å². The van der Waals surface area contributed by atoms with Crippen LogP contribution in [0.2, 0.25) is 0 Å². The van der Waals surface area contributed by atoms with Crippen molar-refractivity contribution in [1.29, 1.82) is 0 Å². The van der Waals surface area contributed by atoms with Crippen molar-refractivity contribution in [2.75, 3.05) is 32.8 Å². The van der Waals surface area contributed by atoms with E-state index in [-0.39, 0.29) is 6.61 Å². The summed E-state index contributed by atoms with van der Waals surface area (Å²) in [4.78, 5) is 13.2. The van der Waals surface area contributed by atoms with Crippen LogP contribution in [-0.4, -0.2) is 63.7 Å². The first-order valence-corrected chi connectivity index (χ1v) is 11.4. The van der Waals surface area contributed by atoms with Crippen molar-refractivity contribution in [2.45, 2.75) is 31.8 Å². The maximum Gasteiger partial charge on any atom is 0.321 e. The molecule has 2 heterocycles. The van der Waals surface area contributed by atoms with Crippen LogP contribution in [-0.2, 0) is 13.0 Å². The Hall–Kier alpha value is -2.80. The molecule has 1 fully saturated rings. The highest BCUT2D eigenvalue weighted by atomic mass is 16.5. The Bertz CT molecular complexity index is 922. The van der Waals surface area contributed by atoms with Crippen molar-refractivity contribution in [1.82, 2.24) is 19.8 Å². The minimum atomic E-state index is 0.237. The third-order valence-electron chi connectivity index (χ3n) is 5.99. The number of aromatic nitrogens is 2. The van der Waals surface area contributed by atoms with E-state index in [0.29, 0.717) is 12.1 Å².